The van der Waals surface area contributed by atoms with Crippen LogP contribution in [0.3, 0.4) is 0 Å². The second-order valence-corrected chi connectivity index (χ2v) is 4.62. The lowest BCUT2D eigenvalue weighted by Crippen LogP contribution is -2.12. The molecule has 0 aliphatic rings. The lowest BCUT2D eigenvalue weighted by molar-refractivity contribution is 0.102. The van der Waals surface area contributed by atoms with Gasteiger partial charge in [-0.2, -0.15) is 5.26 Å². The molecule has 21 heavy (non-hydrogen) atoms. The predicted octanol–water partition coefficient (Wildman–Crippen LogP) is 3.05. The van der Waals surface area contributed by atoms with Crippen LogP contribution in [0.25, 0.3) is 0 Å². The highest BCUT2D eigenvalue weighted by molar-refractivity contribution is 6.34. The number of nitriles is 1. The number of nitrogens with one attached hydrogen (secondary N) is 1. The van der Waals surface area contributed by atoms with Crippen molar-refractivity contribution >= 4 is 28.9 Å². The second-order valence-electron chi connectivity index (χ2n) is 4.22. The lowest BCUT2D eigenvalue weighted by Gasteiger charge is -2.10. The van der Waals surface area contributed by atoms with Gasteiger partial charge in [0.15, 0.2) is 0 Å². The first-order chi connectivity index (χ1) is 10.0. The summed E-state index contributed by atoms with van der Waals surface area (Å²) in [6.45, 7) is 0. The fourth-order valence-electron chi connectivity index (χ4n) is 1.74. The monoisotopic (exact) mass is 301 g/mol. The maximum atomic E-state index is 12.2. The van der Waals surface area contributed by atoms with E-state index in [1.54, 1.807) is 24.3 Å². The molecule has 0 bridgehead atoms. The van der Waals surface area contributed by atoms with Gasteiger partial charge in [0, 0.05) is 5.56 Å². The van der Waals surface area contributed by atoms with Gasteiger partial charge in [-0.1, -0.05) is 11.6 Å². The lowest BCUT2D eigenvalue weighted by atomic mass is 10.1. The van der Waals surface area contributed by atoms with Crippen LogP contribution in [-0.2, 0) is 0 Å². The van der Waals surface area contributed by atoms with Gasteiger partial charge in [0.25, 0.3) is 5.91 Å². The molecule has 1 amide bonds. The van der Waals surface area contributed by atoms with Gasteiger partial charge in [0.05, 0.1) is 35.1 Å². The number of rotatable bonds is 3. The van der Waals surface area contributed by atoms with Gasteiger partial charge in [0.1, 0.15) is 5.75 Å². The van der Waals surface area contributed by atoms with E-state index in [4.69, 9.17) is 27.3 Å². The highest BCUT2D eigenvalue weighted by Gasteiger charge is 2.11. The highest BCUT2D eigenvalue weighted by atomic mass is 35.5. The maximum Gasteiger partial charge on any atom is 0.255 e. The molecule has 0 saturated carbocycles. The van der Waals surface area contributed by atoms with Crippen LogP contribution in [0.4, 0.5) is 11.4 Å². The van der Waals surface area contributed by atoms with Crippen molar-refractivity contribution in [1.29, 1.82) is 5.26 Å². The number of nitrogen functional groups attached to an aromatic ring is 1. The van der Waals surface area contributed by atoms with Crippen LogP contribution in [0, 0.1) is 11.3 Å². The Kier molecular flexibility index (Phi) is 4.31. The molecular weight excluding hydrogens is 290 g/mol. The van der Waals surface area contributed by atoms with E-state index >= 15 is 0 Å². The van der Waals surface area contributed by atoms with Gasteiger partial charge in [-0.05, 0) is 36.4 Å². The molecule has 0 saturated heterocycles. The number of carbonyl (C=O) groups is 1. The van der Waals surface area contributed by atoms with Crippen LogP contribution in [-0.4, -0.2) is 13.0 Å². The van der Waals surface area contributed by atoms with Crippen LogP contribution in [0.2, 0.25) is 5.02 Å². The summed E-state index contributed by atoms with van der Waals surface area (Å²) < 4.78 is 5.07. The molecule has 0 unspecified atom stereocenters. The van der Waals surface area contributed by atoms with Crippen LogP contribution in [0.1, 0.15) is 15.9 Å². The summed E-state index contributed by atoms with van der Waals surface area (Å²) >= 11 is 6.00. The number of hydrogen-bond acceptors (Lipinski definition) is 4. The van der Waals surface area contributed by atoms with Crippen LogP contribution in [0.5, 0.6) is 5.75 Å². The number of hydrogen-bond donors (Lipinski definition) is 2. The summed E-state index contributed by atoms with van der Waals surface area (Å²) in [6, 6.07) is 11.3. The Morgan fingerprint density at radius 2 is 2.10 bits per heavy atom. The number of anilines is 2. The Morgan fingerprint density at radius 3 is 2.76 bits per heavy atom. The molecule has 0 fully saturated rings. The number of amides is 1. The summed E-state index contributed by atoms with van der Waals surface area (Å²) in [4.78, 5) is 12.2. The maximum absolute atomic E-state index is 12.2. The number of methoxy groups -OCH3 is 1. The molecule has 6 heteroatoms. The molecule has 106 valence electrons. The van der Waals surface area contributed by atoms with Gasteiger partial charge < -0.3 is 15.8 Å². The molecule has 5 nitrogen and oxygen atoms in total. The van der Waals surface area contributed by atoms with Gasteiger partial charge in [-0.15, -0.1) is 0 Å². The van der Waals surface area contributed by atoms with E-state index in [0.717, 1.165) is 0 Å². The summed E-state index contributed by atoms with van der Waals surface area (Å²) in [7, 11) is 1.47. The zero-order valence-electron chi connectivity index (χ0n) is 11.2. The third-order valence-corrected chi connectivity index (χ3v) is 3.17. The second kappa shape index (κ2) is 6.16. The third-order valence-electron chi connectivity index (χ3n) is 2.84. The first-order valence-electron chi connectivity index (χ1n) is 5.99. The van der Waals surface area contributed by atoms with Crippen LogP contribution in [0.15, 0.2) is 36.4 Å². The van der Waals surface area contributed by atoms with E-state index in [9.17, 15) is 4.79 Å². The minimum Gasteiger partial charge on any atom is -0.495 e. The van der Waals surface area contributed by atoms with Crippen LogP contribution >= 0.6 is 11.6 Å². The van der Waals surface area contributed by atoms with Crippen molar-refractivity contribution in [2.45, 2.75) is 0 Å². The van der Waals surface area contributed by atoms with Gasteiger partial charge in [-0.3, -0.25) is 4.79 Å². The van der Waals surface area contributed by atoms with Crippen molar-refractivity contribution in [3.63, 3.8) is 0 Å². The van der Waals surface area contributed by atoms with E-state index in [1.807, 2.05) is 6.07 Å². The fraction of sp³-hybridized carbons (Fsp3) is 0.0667. The van der Waals surface area contributed by atoms with E-state index in [1.165, 1.54) is 19.2 Å². The Balaban J connectivity index is 2.28. The van der Waals surface area contributed by atoms with Crippen molar-refractivity contribution in [3.8, 4) is 11.8 Å². The molecule has 0 aliphatic carbocycles. The van der Waals surface area contributed by atoms with Crippen LogP contribution < -0.4 is 15.8 Å². The molecule has 0 heterocycles. The van der Waals surface area contributed by atoms with E-state index < -0.39 is 0 Å². The molecule has 0 spiro atoms. The Bertz CT molecular complexity index is 738. The molecule has 0 aromatic heterocycles. The van der Waals surface area contributed by atoms with E-state index in [-0.39, 0.29) is 5.91 Å². The molecule has 2 aromatic carbocycles. The zero-order valence-corrected chi connectivity index (χ0v) is 11.9. The number of carbonyl (C=O) groups excluding carboxylic acids is 1. The minimum atomic E-state index is -0.370. The number of nitrogens with two attached hydrogens (primary N) is 1. The highest BCUT2D eigenvalue weighted by Crippen LogP contribution is 2.25. The van der Waals surface area contributed by atoms with Gasteiger partial charge in [0.2, 0.25) is 0 Å². The molecule has 3 N–H and O–H groups in total. The number of benzene rings is 2. The Morgan fingerprint density at radius 1 is 1.33 bits per heavy atom. The topological polar surface area (TPSA) is 88.1 Å². The normalized spacial score (nSPS) is 9.76. The predicted molar refractivity (Wildman–Crippen MR) is 81.5 cm³/mol. The zero-order chi connectivity index (χ0) is 15.4. The molecule has 0 aliphatic heterocycles. The Hall–Kier alpha value is -2.71. The van der Waals surface area contributed by atoms with Crippen molar-refractivity contribution in [2.24, 2.45) is 0 Å². The summed E-state index contributed by atoms with van der Waals surface area (Å²) in [5, 5.41) is 11.9. The van der Waals surface area contributed by atoms with Crippen molar-refractivity contribution in [2.75, 3.05) is 18.2 Å². The number of nitrogens with zero attached hydrogens (tertiary/aromatic N) is 1. The quantitative estimate of drug-likeness (QED) is 0.853. The first-order valence-corrected chi connectivity index (χ1v) is 6.37. The number of ether oxygens (including phenoxy) is 1. The smallest absolute Gasteiger partial charge is 0.255 e. The van der Waals surface area contributed by atoms with Crippen molar-refractivity contribution in [3.05, 3.63) is 52.5 Å². The van der Waals surface area contributed by atoms with E-state index in [0.29, 0.717) is 33.3 Å². The average Bonchev–Trinajstić information content (AvgIpc) is 2.49. The standard InChI is InChI=1S/C15H12ClN3O2/c1-21-14-7-10(3-5-12(14)18)15(20)19-13-6-9(8-17)2-4-11(13)16/h2-7H,18H2,1H3,(H,19,20). The van der Waals surface area contributed by atoms with E-state index in [2.05, 4.69) is 5.32 Å². The summed E-state index contributed by atoms with van der Waals surface area (Å²) in [5.74, 6) is 0.0461. The van der Waals surface area contributed by atoms with Gasteiger partial charge >= 0.3 is 0 Å². The SMILES string of the molecule is COc1cc(C(=O)Nc2cc(C#N)ccc2Cl)ccc1N. The largest absolute Gasteiger partial charge is 0.495 e. The number of halogens is 1. The first kappa shape index (κ1) is 14.7. The Labute approximate surface area is 126 Å². The average molecular weight is 302 g/mol. The third kappa shape index (κ3) is 3.25. The molecule has 0 radical (unpaired) electrons. The molecule has 0 atom stereocenters. The summed E-state index contributed by atoms with van der Waals surface area (Å²) in [6.07, 6.45) is 0. The minimum absolute atomic E-state index is 0.352. The van der Waals surface area contributed by atoms with Crippen molar-refractivity contribution in [1.82, 2.24) is 0 Å². The summed E-state index contributed by atoms with van der Waals surface area (Å²) in [5.41, 5.74) is 7.30. The fourth-order valence-corrected chi connectivity index (χ4v) is 1.90. The van der Waals surface area contributed by atoms with Gasteiger partial charge in [-0.25, -0.2) is 0 Å². The molecule has 2 rings (SSSR count). The molecular formula is C15H12ClN3O2. The molecule has 2 aromatic rings. The van der Waals surface area contributed by atoms with Crippen molar-refractivity contribution < 1.29 is 9.53 Å².